The Morgan fingerprint density at radius 3 is 2.24 bits per heavy atom. The van der Waals surface area contributed by atoms with Gasteiger partial charge in [-0.05, 0) is 37.0 Å². The van der Waals surface area contributed by atoms with Gasteiger partial charge in [0.1, 0.15) is 0 Å². The molecular weight excluding hydrogens is 389 g/mol. The lowest BCUT2D eigenvalue weighted by molar-refractivity contribution is -0.147. The molecule has 9 heteroatoms. The number of alkyl halides is 3. The van der Waals surface area contributed by atoms with Crippen LogP contribution in [0.15, 0.2) is 24.3 Å². The van der Waals surface area contributed by atoms with Crippen LogP contribution in [0.1, 0.15) is 36.3 Å². The van der Waals surface area contributed by atoms with E-state index in [1.54, 1.807) is 9.80 Å². The number of aliphatic hydroxyl groups excluding tert-OH is 1. The summed E-state index contributed by atoms with van der Waals surface area (Å²) < 4.78 is 43.4. The van der Waals surface area contributed by atoms with Gasteiger partial charge in [0.25, 0.3) is 0 Å². The van der Waals surface area contributed by atoms with E-state index in [2.05, 4.69) is 0 Å². The van der Waals surface area contributed by atoms with Gasteiger partial charge in [0, 0.05) is 32.1 Å². The maximum Gasteiger partial charge on any atom is 0.416 e. The summed E-state index contributed by atoms with van der Waals surface area (Å²) in [6.07, 6.45) is -3.42. The summed E-state index contributed by atoms with van der Waals surface area (Å²) >= 11 is 0. The third kappa shape index (κ3) is 5.01. The Bertz CT molecular complexity index is 730. The smallest absolute Gasteiger partial charge is 0.416 e. The summed E-state index contributed by atoms with van der Waals surface area (Å²) in [5.41, 5.74) is -0.0835. The minimum atomic E-state index is -4.42. The zero-order valence-corrected chi connectivity index (χ0v) is 16.2. The lowest BCUT2D eigenvalue weighted by Crippen LogP contribution is -2.52. The van der Waals surface area contributed by atoms with Gasteiger partial charge in [-0.3, -0.25) is 4.79 Å². The zero-order chi connectivity index (χ0) is 21.2. The summed E-state index contributed by atoms with van der Waals surface area (Å²) in [5.74, 6) is -1.25. The van der Waals surface area contributed by atoms with Crippen LogP contribution in [0.4, 0.5) is 18.0 Å². The third-order valence-electron chi connectivity index (χ3n) is 5.70. The second-order valence-corrected chi connectivity index (χ2v) is 7.68. The van der Waals surface area contributed by atoms with Crippen LogP contribution in [0.3, 0.4) is 0 Å². The Balaban J connectivity index is 1.78. The first-order valence-electron chi connectivity index (χ1n) is 9.66. The highest BCUT2D eigenvalue weighted by atomic mass is 19.4. The fraction of sp³-hybridized carbons (Fsp3) is 0.600. The van der Waals surface area contributed by atoms with Gasteiger partial charge >= 0.3 is 18.2 Å². The number of rotatable bonds is 2. The van der Waals surface area contributed by atoms with Crippen molar-refractivity contribution in [1.82, 2.24) is 9.80 Å². The van der Waals surface area contributed by atoms with Crippen LogP contribution in [0.2, 0.25) is 0 Å². The Morgan fingerprint density at radius 1 is 1.07 bits per heavy atom. The van der Waals surface area contributed by atoms with Crippen LogP contribution in [-0.2, 0) is 15.7 Å². The molecule has 0 saturated carbocycles. The normalized spacial score (nSPS) is 23.8. The molecule has 1 N–H and O–H groups in total. The fourth-order valence-electron chi connectivity index (χ4n) is 4.04. The first-order valence-corrected chi connectivity index (χ1v) is 9.66. The molecule has 2 atom stereocenters. The van der Waals surface area contributed by atoms with Crippen LogP contribution in [-0.4, -0.2) is 66.3 Å². The molecule has 0 aromatic heterocycles. The Hall–Kier alpha value is -2.29. The summed E-state index contributed by atoms with van der Waals surface area (Å²) in [6, 6.07) is 4.65. The number of carbonyl (C=O) groups excluding carboxylic acids is 2. The number of methoxy groups -OCH3 is 1. The number of hydrogen-bond acceptors (Lipinski definition) is 4. The van der Waals surface area contributed by atoms with Crippen molar-refractivity contribution in [2.24, 2.45) is 5.92 Å². The van der Waals surface area contributed by atoms with E-state index in [4.69, 9.17) is 4.74 Å². The average molecular weight is 414 g/mol. The molecule has 2 saturated heterocycles. The predicted molar refractivity (Wildman–Crippen MR) is 98.1 cm³/mol. The highest BCUT2D eigenvalue weighted by Gasteiger charge is 2.37. The van der Waals surface area contributed by atoms with Crippen molar-refractivity contribution >= 4 is 12.0 Å². The Morgan fingerprint density at radius 2 is 1.69 bits per heavy atom. The van der Waals surface area contributed by atoms with E-state index < -0.39 is 29.7 Å². The molecular formula is C20H25F3N2O4. The molecule has 2 unspecified atom stereocenters. The summed E-state index contributed by atoms with van der Waals surface area (Å²) in [4.78, 5) is 28.3. The number of benzene rings is 1. The summed E-state index contributed by atoms with van der Waals surface area (Å²) in [6.45, 7) is 1.40. The minimum absolute atomic E-state index is 0.210. The number of halogens is 3. The zero-order valence-electron chi connectivity index (χ0n) is 16.2. The number of urea groups is 1. The van der Waals surface area contributed by atoms with Crippen LogP contribution in [0.25, 0.3) is 0 Å². The van der Waals surface area contributed by atoms with Crippen molar-refractivity contribution in [3.05, 3.63) is 35.4 Å². The number of likely N-dealkylation sites (tertiary alicyclic amines) is 2. The Labute approximate surface area is 167 Å². The summed E-state index contributed by atoms with van der Waals surface area (Å²) in [7, 11) is 1.28. The molecule has 2 heterocycles. The SMILES string of the molecule is COC(=O)C1CC(c2ccc(C(F)(F)F)cc2)CN(C(=O)N2CCC(O)CC2)C1. The molecule has 1 aromatic rings. The summed E-state index contributed by atoms with van der Waals surface area (Å²) in [5, 5.41) is 9.64. The van der Waals surface area contributed by atoms with Gasteiger partial charge in [-0.2, -0.15) is 13.2 Å². The highest BCUT2D eigenvalue weighted by molar-refractivity contribution is 5.77. The van der Waals surface area contributed by atoms with Gasteiger partial charge in [-0.25, -0.2) is 4.79 Å². The quantitative estimate of drug-likeness (QED) is 0.756. The third-order valence-corrected chi connectivity index (χ3v) is 5.70. The number of nitrogens with zero attached hydrogens (tertiary/aromatic N) is 2. The van der Waals surface area contributed by atoms with Crippen molar-refractivity contribution in [3.63, 3.8) is 0 Å². The number of aliphatic hydroxyl groups is 1. The van der Waals surface area contributed by atoms with Crippen molar-refractivity contribution < 1.29 is 32.6 Å². The van der Waals surface area contributed by atoms with E-state index in [0.29, 0.717) is 44.5 Å². The number of hydrogen-bond donors (Lipinski definition) is 1. The second-order valence-electron chi connectivity index (χ2n) is 7.68. The van der Waals surface area contributed by atoms with Gasteiger partial charge in [-0.15, -0.1) is 0 Å². The van der Waals surface area contributed by atoms with E-state index >= 15 is 0 Å². The average Bonchev–Trinajstić information content (AvgIpc) is 2.72. The maximum absolute atomic E-state index is 12.9. The van der Waals surface area contributed by atoms with E-state index in [1.165, 1.54) is 19.2 Å². The van der Waals surface area contributed by atoms with Crippen molar-refractivity contribution in [2.75, 3.05) is 33.3 Å². The molecule has 0 radical (unpaired) electrons. The van der Waals surface area contributed by atoms with E-state index in [0.717, 1.165) is 12.1 Å². The topological polar surface area (TPSA) is 70.1 Å². The molecule has 3 rings (SSSR count). The Kier molecular flexibility index (Phi) is 6.36. The molecule has 0 spiro atoms. The number of esters is 1. The highest BCUT2D eigenvalue weighted by Crippen LogP contribution is 2.34. The monoisotopic (exact) mass is 414 g/mol. The molecule has 2 aliphatic rings. The van der Waals surface area contributed by atoms with E-state index in [9.17, 15) is 27.9 Å². The number of piperidine rings is 2. The first kappa shape index (κ1) is 21.4. The largest absolute Gasteiger partial charge is 0.469 e. The van der Waals surface area contributed by atoms with Gasteiger partial charge in [0.2, 0.25) is 0 Å². The maximum atomic E-state index is 12.9. The van der Waals surface area contributed by atoms with E-state index in [1.807, 2.05) is 0 Å². The molecule has 2 fully saturated rings. The molecule has 2 aliphatic heterocycles. The minimum Gasteiger partial charge on any atom is -0.469 e. The van der Waals surface area contributed by atoms with Gasteiger partial charge in [-0.1, -0.05) is 12.1 Å². The van der Waals surface area contributed by atoms with Gasteiger partial charge < -0.3 is 19.6 Å². The number of carbonyl (C=O) groups is 2. The molecule has 160 valence electrons. The first-order chi connectivity index (χ1) is 13.7. The molecule has 1 aromatic carbocycles. The van der Waals surface area contributed by atoms with E-state index in [-0.39, 0.29) is 18.5 Å². The van der Waals surface area contributed by atoms with Crippen LogP contribution in [0, 0.1) is 5.92 Å². The molecule has 2 amide bonds. The fourth-order valence-corrected chi connectivity index (χ4v) is 4.04. The number of amides is 2. The van der Waals surface area contributed by atoms with Crippen molar-refractivity contribution in [1.29, 1.82) is 0 Å². The predicted octanol–water partition coefficient (Wildman–Crippen LogP) is 2.86. The lowest BCUT2D eigenvalue weighted by atomic mass is 9.84. The standard InChI is InChI=1S/C20H25F3N2O4/c1-29-18(27)15-10-14(13-2-4-16(5-3-13)20(21,22)23)11-25(12-15)19(28)24-8-6-17(26)7-9-24/h2-5,14-15,17,26H,6-12H2,1H3. The van der Waals surface area contributed by atoms with Gasteiger partial charge in [0.05, 0.1) is 24.7 Å². The molecule has 0 bridgehead atoms. The molecule has 0 aliphatic carbocycles. The van der Waals surface area contributed by atoms with Crippen LogP contribution >= 0.6 is 0 Å². The van der Waals surface area contributed by atoms with Crippen molar-refractivity contribution in [2.45, 2.75) is 37.5 Å². The van der Waals surface area contributed by atoms with Crippen LogP contribution < -0.4 is 0 Å². The van der Waals surface area contributed by atoms with Gasteiger partial charge in [0.15, 0.2) is 0 Å². The molecule has 29 heavy (non-hydrogen) atoms. The van der Waals surface area contributed by atoms with Crippen molar-refractivity contribution in [3.8, 4) is 0 Å². The number of ether oxygens (including phenoxy) is 1. The molecule has 6 nitrogen and oxygen atoms in total. The second kappa shape index (κ2) is 8.61. The lowest BCUT2D eigenvalue weighted by Gasteiger charge is -2.40. The van der Waals surface area contributed by atoms with Crippen LogP contribution in [0.5, 0.6) is 0 Å².